The van der Waals surface area contributed by atoms with Gasteiger partial charge in [0.2, 0.25) is 0 Å². The summed E-state index contributed by atoms with van der Waals surface area (Å²) in [4.78, 5) is 0. The van der Waals surface area contributed by atoms with Gasteiger partial charge in [-0.3, -0.25) is 0 Å². The minimum absolute atomic E-state index is 0.863. The third-order valence-electron chi connectivity index (χ3n) is 1.75. The van der Waals surface area contributed by atoms with E-state index in [9.17, 15) is 0 Å². The predicted molar refractivity (Wildman–Crippen MR) is 51.3 cm³/mol. The molecule has 0 aliphatic rings. The summed E-state index contributed by atoms with van der Waals surface area (Å²) >= 11 is 5.10. The fourth-order valence-corrected chi connectivity index (χ4v) is 2.55. The first kappa shape index (κ1) is 7.37. The van der Waals surface area contributed by atoms with E-state index in [0.29, 0.717) is 0 Å². The van der Waals surface area contributed by atoms with Crippen molar-refractivity contribution in [2.75, 3.05) is 0 Å². The van der Waals surface area contributed by atoms with Gasteiger partial charge in [-0.1, -0.05) is 0 Å². The van der Waals surface area contributed by atoms with Crippen LogP contribution in [0.5, 0.6) is 0 Å². The fraction of sp³-hybridized carbons (Fsp3) is 0.250. The molecule has 0 spiro atoms. The van der Waals surface area contributed by atoms with E-state index in [1.165, 1.54) is 15.8 Å². The molecule has 0 saturated heterocycles. The van der Waals surface area contributed by atoms with E-state index in [2.05, 4.69) is 35.2 Å². The van der Waals surface area contributed by atoms with Crippen LogP contribution in [0, 0.1) is 13.8 Å². The van der Waals surface area contributed by atoms with E-state index in [-0.39, 0.29) is 0 Å². The highest BCUT2D eigenvalue weighted by Crippen LogP contribution is 2.35. The second kappa shape index (κ2) is 2.35. The van der Waals surface area contributed by atoms with Crippen LogP contribution in [0.1, 0.15) is 11.1 Å². The average Bonchev–Trinajstić information content (AvgIpc) is 2.43. The van der Waals surface area contributed by atoms with E-state index >= 15 is 0 Å². The highest BCUT2D eigenvalue weighted by molar-refractivity contribution is 9.10. The van der Waals surface area contributed by atoms with E-state index in [0.717, 1.165) is 10.3 Å². The summed E-state index contributed by atoms with van der Waals surface area (Å²) in [6.45, 7) is 4.13. The summed E-state index contributed by atoms with van der Waals surface area (Å²) in [7, 11) is 0. The molecule has 0 aliphatic carbocycles. The molecule has 0 amide bonds. The Hall–Kier alpha value is -0.280. The number of aryl methyl sites for hydroxylation is 2. The predicted octanol–water partition coefficient (Wildman–Crippen LogP) is 3.87. The van der Waals surface area contributed by atoms with E-state index in [1.54, 1.807) is 11.3 Å². The maximum atomic E-state index is 5.50. The first-order valence-corrected chi connectivity index (χ1v) is 5.00. The summed E-state index contributed by atoms with van der Waals surface area (Å²) < 4.78 is 7.62. The van der Waals surface area contributed by atoms with Crippen LogP contribution < -0.4 is 0 Å². The zero-order chi connectivity index (χ0) is 8.01. The largest absolute Gasteiger partial charge is 0.448 e. The number of rotatable bonds is 0. The Kier molecular flexibility index (Phi) is 1.58. The Bertz CT molecular complexity index is 399. The molecular weight excluding hydrogens is 224 g/mol. The van der Waals surface area contributed by atoms with Gasteiger partial charge in [-0.2, -0.15) is 0 Å². The topological polar surface area (TPSA) is 13.1 Å². The number of fused-ring (bicyclic) bond motifs is 1. The molecule has 11 heavy (non-hydrogen) atoms. The zero-order valence-electron chi connectivity index (χ0n) is 6.27. The molecule has 0 fully saturated rings. The van der Waals surface area contributed by atoms with Gasteiger partial charge in [0, 0.05) is 11.1 Å². The Morgan fingerprint density at radius 3 is 2.82 bits per heavy atom. The van der Waals surface area contributed by atoms with Crippen molar-refractivity contribution in [1.82, 2.24) is 0 Å². The maximum Gasteiger partial charge on any atom is 0.174 e. The maximum absolute atomic E-state index is 5.50. The minimum Gasteiger partial charge on any atom is -0.448 e. The van der Waals surface area contributed by atoms with E-state index < -0.39 is 0 Å². The summed E-state index contributed by atoms with van der Waals surface area (Å²) in [6, 6.07) is 0. The van der Waals surface area contributed by atoms with Crippen LogP contribution >= 0.6 is 27.3 Å². The first-order valence-electron chi connectivity index (χ1n) is 3.33. The number of furan rings is 1. The van der Waals surface area contributed by atoms with Gasteiger partial charge in [0.05, 0.1) is 4.70 Å². The van der Waals surface area contributed by atoms with Gasteiger partial charge in [0.1, 0.15) is 5.58 Å². The van der Waals surface area contributed by atoms with Crippen LogP contribution in [0.3, 0.4) is 0 Å². The lowest BCUT2D eigenvalue weighted by atomic mass is 10.3. The van der Waals surface area contributed by atoms with Crippen LogP contribution in [0.15, 0.2) is 14.5 Å². The highest BCUT2D eigenvalue weighted by Gasteiger charge is 2.10. The van der Waals surface area contributed by atoms with E-state index in [1.807, 2.05) is 0 Å². The molecule has 0 aliphatic heterocycles. The summed E-state index contributed by atoms with van der Waals surface area (Å²) in [5.74, 6) is 0. The normalized spacial score (nSPS) is 11.2. The van der Waals surface area contributed by atoms with E-state index in [4.69, 9.17) is 4.42 Å². The number of thiophene rings is 1. The van der Waals surface area contributed by atoms with Crippen molar-refractivity contribution in [3.63, 3.8) is 0 Å². The Balaban J connectivity index is 2.93. The molecule has 2 rings (SSSR count). The van der Waals surface area contributed by atoms with Crippen LogP contribution in [0.25, 0.3) is 10.3 Å². The standard InChI is InChI=1S/C8H7BrOS/c1-4-3-11-7-5(2)8(9)10-6(4)7/h3H,1-2H3. The Labute approximate surface area is 77.1 Å². The van der Waals surface area contributed by atoms with Crippen molar-refractivity contribution in [3.05, 3.63) is 21.2 Å². The van der Waals surface area contributed by atoms with Crippen molar-refractivity contribution in [3.8, 4) is 0 Å². The third kappa shape index (κ3) is 0.948. The SMILES string of the molecule is Cc1csc2c(C)c(Br)oc12. The summed E-state index contributed by atoms with van der Waals surface area (Å²) in [5, 5.41) is 2.12. The molecule has 3 heteroatoms. The van der Waals surface area contributed by atoms with Crippen molar-refractivity contribution >= 4 is 37.5 Å². The van der Waals surface area contributed by atoms with Gasteiger partial charge in [-0.25, -0.2) is 0 Å². The lowest BCUT2D eigenvalue weighted by molar-refractivity contribution is 0.582. The zero-order valence-corrected chi connectivity index (χ0v) is 8.67. The molecule has 0 aromatic carbocycles. The molecule has 0 radical (unpaired) electrons. The van der Waals surface area contributed by atoms with Crippen molar-refractivity contribution in [2.24, 2.45) is 0 Å². The smallest absolute Gasteiger partial charge is 0.174 e. The fourth-order valence-electron chi connectivity index (χ4n) is 1.07. The molecule has 58 valence electrons. The Morgan fingerprint density at radius 2 is 2.18 bits per heavy atom. The van der Waals surface area contributed by atoms with Crippen LogP contribution in [-0.2, 0) is 0 Å². The van der Waals surface area contributed by atoms with Gasteiger partial charge >= 0.3 is 0 Å². The first-order chi connectivity index (χ1) is 5.20. The number of hydrogen-bond donors (Lipinski definition) is 0. The quantitative estimate of drug-likeness (QED) is 0.670. The van der Waals surface area contributed by atoms with Gasteiger partial charge in [-0.05, 0) is 35.2 Å². The molecule has 2 aromatic rings. The molecule has 0 saturated carbocycles. The lowest BCUT2D eigenvalue weighted by Gasteiger charge is -1.81. The molecule has 0 atom stereocenters. The molecule has 2 heterocycles. The van der Waals surface area contributed by atoms with Crippen molar-refractivity contribution in [1.29, 1.82) is 0 Å². The highest BCUT2D eigenvalue weighted by atomic mass is 79.9. The molecule has 0 bridgehead atoms. The monoisotopic (exact) mass is 230 g/mol. The van der Waals surface area contributed by atoms with Crippen LogP contribution in [0.4, 0.5) is 0 Å². The number of halogens is 1. The average molecular weight is 231 g/mol. The minimum atomic E-state index is 0.863. The van der Waals surface area contributed by atoms with Crippen LogP contribution in [-0.4, -0.2) is 0 Å². The molecular formula is C8H7BrOS. The van der Waals surface area contributed by atoms with Gasteiger partial charge in [0.15, 0.2) is 4.67 Å². The third-order valence-corrected chi connectivity index (χ3v) is 3.70. The van der Waals surface area contributed by atoms with Crippen molar-refractivity contribution in [2.45, 2.75) is 13.8 Å². The van der Waals surface area contributed by atoms with Gasteiger partial charge < -0.3 is 4.42 Å². The summed E-state index contributed by atoms with van der Waals surface area (Å²) in [5.41, 5.74) is 3.45. The van der Waals surface area contributed by atoms with Crippen LogP contribution in [0.2, 0.25) is 0 Å². The molecule has 0 unspecified atom stereocenters. The molecule has 0 N–H and O–H groups in total. The van der Waals surface area contributed by atoms with Gasteiger partial charge in [0.25, 0.3) is 0 Å². The molecule has 1 nitrogen and oxygen atoms in total. The van der Waals surface area contributed by atoms with Crippen molar-refractivity contribution < 1.29 is 4.42 Å². The second-order valence-electron chi connectivity index (χ2n) is 2.58. The van der Waals surface area contributed by atoms with Gasteiger partial charge in [-0.15, -0.1) is 11.3 Å². The lowest BCUT2D eigenvalue weighted by Crippen LogP contribution is -1.59. The summed E-state index contributed by atoms with van der Waals surface area (Å²) in [6.07, 6.45) is 0. The second-order valence-corrected chi connectivity index (χ2v) is 4.18. The number of hydrogen-bond acceptors (Lipinski definition) is 2. The Morgan fingerprint density at radius 1 is 1.45 bits per heavy atom. The molecule has 2 aromatic heterocycles.